The first kappa shape index (κ1) is 25.5. The Hall–Kier alpha value is -3.60. The van der Waals surface area contributed by atoms with Gasteiger partial charge in [-0.25, -0.2) is 4.98 Å². The molecule has 3 N–H and O–H groups in total. The number of benzene rings is 1. The lowest BCUT2D eigenvalue weighted by Gasteiger charge is -2.13. The quantitative estimate of drug-likeness (QED) is 0.359. The number of likely N-dealkylation sites (N-methyl/N-ethyl adjacent to an activating group) is 1. The number of anilines is 2. The van der Waals surface area contributed by atoms with Gasteiger partial charge in [-0.05, 0) is 38.4 Å². The standard InChI is InChI=1S/C24H25Cl2N7O3/c1-31(2)9-8-14-11-18(20(21(27)34)32(14)3)29-24-28-12-13-10-15(19-16(25)6-5-7-17(19)26)23(35)33(36-4)22(13)30-24/h5-7,10-12H,8-9H2,1-4H3,(H2,27,34)(H,28,29,30). The van der Waals surface area contributed by atoms with E-state index in [1.165, 1.54) is 13.3 Å². The van der Waals surface area contributed by atoms with Crippen molar-refractivity contribution < 1.29 is 9.63 Å². The Morgan fingerprint density at radius 1 is 1.22 bits per heavy atom. The fraction of sp³-hybridized carbons (Fsp3) is 0.250. The number of primary amides is 1. The maximum absolute atomic E-state index is 13.3. The minimum Gasteiger partial charge on any atom is -0.412 e. The number of carbonyl (C=O) groups is 1. The van der Waals surface area contributed by atoms with Crippen molar-refractivity contribution in [2.75, 3.05) is 33.1 Å². The second-order valence-electron chi connectivity index (χ2n) is 8.41. The molecule has 0 saturated carbocycles. The van der Waals surface area contributed by atoms with Gasteiger partial charge < -0.3 is 25.4 Å². The maximum Gasteiger partial charge on any atom is 0.293 e. The third-order valence-electron chi connectivity index (χ3n) is 5.74. The number of nitrogens with one attached hydrogen (secondary N) is 1. The van der Waals surface area contributed by atoms with Crippen LogP contribution in [0.5, 0.6) is 0 Å². The molecule has 3 aromatic heterocycles. The number of carbonyl (C=O) groups excluding carboxylic acids is 1. The zero-order valence-electron chi connectivity index (χ0n) is 20.2. The fourth-order valence-corrected chi connectivity index (χ4v) is 4.58. The van der Waals surface area contributed by atoms with Crippen molar-refractivity contribution in [1.82, 2.24) is 24.2 Å². The van der Waals surface area contributed by atoms with Gasteiger partial charge >= 0.3 is 0 Å². The van der Waals surface area contributed by atoms with Gasteiger partial charge in [-0.2, -0.15) is 4.98 Å². The third kappa shape index (κ3) is 4.75. The Morgan fingerprint density at radius 3 is 2.53 bits per heavy atom. The summed E-state index contributed by atoms with van der Waals surface area (Å²) in [6.45, 7) is 0.792. The molecule has 36 heavy (non-hydrogen) atoms. The van der Waals surface area contributed by atoms with Crippen molar-refractivity contribution in [3.05, 3.63) is 68.3 Å². The summed E-state index contributed by atoms with van der Waals surface area (Å²) >= 11 is 12.7. The number of halogens is 2. The van der Waals surface area contributed by atoms with E-state index in [2.05, 4.69) is 15.3 Å². The van der Waals surface area contributed by atoms with Crippen molar-refractivity contribution in [2.24, 2.45) is 12.8 Å². The molecule has 4 rings (SSSR count). The van der Waals surface area contributed by atoms with E-state index in [0.717, 1.165) is 17.0 Å². The molecule has 0 aliphatic heterocycles. The minimum atomic E-state index is -0.591. The number of amides is 1. The van der Waals surface area contributed by atoms with Crippen molar-refractivity contribution in [3.8, 4) is 11.1 Å². The SMILES string of the molecule is COn1c(=O)c(-c2c(Cl)cccc2Cl)cc2cnc(Nc3cc(CCN(C)C)n(C)c3C(N)=O)nc21. The number of rotatable bonds is 8. The number of aromatic nitrogens is 4. The van der Waals surface area contributed by atoms with Crippen molar-refractivity contribution in [2.45, 2.75) is 6.42 Å². The molecule has 3 heterocycles. The number of pyridine rings is 1. The molecular formula is C24H25Cl2N7O3. The molecule has 1 aromatic carbocycles. The van der Waals surface area contributed by atoms with Gasteiger partial charge in [-0.15, -0.1) is 4.73 Å². The van der Waals surface area contributed by atoms with E-state index < -0.39 is 11.5 Å². The highest BCUT2D eigenvalue weighted by atomic mass is 35.5. The summed E-state index contributed by atoms with van der Waals surface area (Å²) in [5.74, 6) is -0.435. The maximum atomic E-state index is 13.3. The zero-order valence-corrected chi connectivity index (χ0v) is 21.7. The lowest BCUT2D eigenvalue weighted by atomic mass is 10.1. The lowest BCUT2D eigenvalue weighted by molar-refractivity contribution is 0.0993. The number of nitrogens with two attached hydrogens (primary N) is 1. The molecule has 0 aliphatic carbocycles. The number of hydrogen-bond acceptors (Lipinski definition) is 7. The topological polar surface area (TPSA) is 120 Å². The summed E-state index contributed by atoms with van der Waals surface area (Å²) < 4.78 is 2.79. The van der Waals surface area contributed by atoms with Crippen LogP contribution in [-0.4, -0.2) is 57.8 Å². The molecule has 188 valence electrons. The highest BCUT2D eigenvalue weighted by Crippen LogP contribution is 2.34. The van der Waals surface area contributed by atoms with Crippen LogP contribution in [-0.2, 0) is 13.5 Å². The average molecular weight is 530 g/mol. The monoisotopic (exact) mass is 529 g/mol. The Labute approximate surface area is 217 Å². The zero-order chi connectivity index (χ0) is 26.1. The Morgan fingerprint density at radius 2 is 1.92 bits per heavy atom. The van der Waals surface area contributed by atoms with Crippen molar-refractivity contribution >= 4 is 51.8 Å². The Balaban J connectivity index is 1.80. The third-order valence-corrected chi connectivity index (χ3v) is 6.37. The molecule has 12 heteroatoms. The van der Waals surface area contributed by atoms with Gasteiger partial charge in [0.15, 0.2) is 5.65 Å². The first-order chi connectivity index (χ1) is 17.1. The summed E-state index contributed by atoms with van der Waals surface area (Å²) in [6, 6.07) is 8.44. The highest BCUT2D eigenvalue weighted by Gasteiger charge is 2.20. The van der Waals surface area contributed by atoms with Gasteiger partial charge in [0.2, 0.25) is 5.95 Å². The Bertz CT molecular complexity index is 1510. The number of hydrogen-bond donors (Lipinski definition) is 2. The molecule has 0 fully saturated rings. The molecule has 0 bridgehead atoms. The minimum absolute atomic E-state index is 0.156. The number of nitrogens with zero attached hydrogens (tertiary/aromatic N) is 5. The van der Waals surface area contributed by atoms with Crippen LogP contribution < -0.4 is 21.4 Å². The average Bonchev–Trinajstić information content (AvgIpc) is 3.13. The van der Waals surface area contributed by atoms with E-state index in [1.54, 1.807) is 35.9 Å². The highest BCUT2D eigenvalue weighted by molar-refractivity contribution is 6.39. The predicted molar refractivity (Wildman–Crippen MR) is 141 cm³/mol. The summed E-state index contributed by atoms with van der Waals surface area (Å²) in [5, 5.41) is 4.23. The molecule has 0 spiro atoms. The van der Waals surface area contributed by atoms with E-state index in [0.29, 0.717) is 38.8 Å². The van der Waals surface area contributed by atoms with E-state index >= 15 is 0 Å². The molecule has 0 atom stereocenters. The van der Waals surface area contributed by atoms with Crippen LogP contribution in [0.25, 0.3) is 22.2 Å². The molecule has 4 aromatic rings. The first-order valence-corrected chi connectivity index (χ1v) is 11.7. The van der Waals surface area contributed by atoms with Crippen LogP contribution in [0.2, 0.25) is 10.0 Å². The largest absolute Gasteiger partial charge is 0.412 e. The van der Waals surface area contributed by atoms with Crippen LogP contribution >= 0.6 is 23.2 Å². The summed E-state index contributed by atoms with van der Waals surface area (Å²) in [5.41, 5.74) is 7.68. The van der Waals surface area contributed by atoms with E-state index in [-0.39, 0.29) is 17.2 Å². The molecule has 0 saturated heterocycles. The molecule has 0 unspecified atom stereocenters. The molecule has 10 nitrogen and oxygen atoms in total. The second-order valence-corrected chi connectivity index (χ2v) is 9.22. The number of fused-ring (bicyclic) bond motifs is 1. The summed E-state index contributed by atoms with van der Waals surface area (Å²) in [7, 11) is 7.08. The fourth-order valence-electron chi connectivity index (χ4n) is 3.98. The van der Waals surface area contributed by atoms with Crippen LogP contribution in [0.4, 0.5) is 11.6 Å². The van der Waals surface area contributed by atoms with Gasteiger partial charge in [-0.3, -0.25) is 9.59 Å². The molecule has 0 radical (unpaired) electrons. The Kier molecular flexibility index (Phi) is 7.21. The van der Waals surface area contributed by atoms with Gasteiger partial charge in [-0.1, -0.05) is 29.3 Å². The first-order valence-electron chi connectivity index (χ1n) is 10.9. The molecular weight excluding hydrogens is 505 g/mol. The summed E-state index contributed by atoms with van der Waals surface area (Å²) in [4.78, 5) is 41.7. The van der Waals surface area contributed by atoms with Crippen LogP contribution in [0.15, 0.2) is 41.3 Å². The van der Waals surface area contributed by atoms with Gasteiger partial charge in [0, 0.05) is 42.9 Å². The van der Waals surface area contributed by atoms with Crippen molar-refractivity contribution in [1.29, 1.82) is 0 Å². The van der Waals surface area contributed by atoms with Crippen LogP contribution in [0, 0.1) is 0 Å². The van der Waals surface area contributed by atoms with E-state index in [9.17, 15) is 9.59 Å². The van der Waals surface area contributed by atoms with Gasteiger partial charge in [0.05, 0.1) is 21.3 Å². The van der Waals surface area contributed by atoms with Gasteiger partial charge in [0.25, 0.3) is 11.5 Å². The van der Waals surface area contributed by atoms with Crippen molar-refractivity contribution in [3.63, 3.8) is 0 Å². The van der Waals surface area contributed by atoms with Gasteiger partial charge in [0.1, 0.15) is 12.8 Å². The van der Waals surface area contributed by atoms with E-state index in [1.807, 2.05) is 25.1 Å². The second kappa shape index (κ2) is 10.2. The predicted octanol–water partition coefficient (Wildman–Crippen LogP) is 3.11. The summed E-state index contributed by atoms with van der Waals surface area (Å²) in [6.07, 6.45) is 2.24. The normalized spacial score (nSPS) is 11.3. The molecule has 0 aliphatic rings. The molecule has 1 amide bonds. The van der Waals surface area contributed by atoms with Crippen LogP contribution in [0.3, 0.4) is 0 Å². The van der Waals surface area contributed by atoms with Crippen LogP contribution in [0.1, 0.15) is 16.2 Å². The smallest absolute Gasteiger partial charge is 0.293 e. The lowest BCUT2D eigenvalue weighted by Crippen LogP contribution is -2.27. The van der Waals surface area contributed by atoms with E-state index in [4.69, 9.17) is 33.8 Å².